The number of hydrogen-bond donors (Lipinski definition) is 2. The first-order chi connectivity index (χ1) is 12.6. The van der Waals surface area contributed by atoms with Crippen LogP contribution in [0.25, 0.3) is 0 Å². The van der Waals surface area contributed by atoms with E-state index in [1.165, 1.54) is 0 Å². The smallest absolute Gasteiger partial charge is 0.245 e. The monoisotopic (exact) mass is 427 g/mol. The molecule has 2 heterocycles. The first-order valence-corrected chi connectivity index (χ1v) is 9.38. The number of ketones is 1. The van der Waals surface area contributed by atoms with Gasteiger partial charge in [-0.1, -0.05) is 35.8 Å². The van der Waals surface area contributed by atoms with Crippen molar-refractivity contribution in [2.75, 3.05) is 5.32 Å². The molecule has 0 radical (unpaired) electrons. The SMILES string of the molecule is Cc1cc2c(cc1Br)NC(=O)[C@@]21C(C#N)=C(N)OC2=C1C(=O)CC(C)(C)C2. The summed E-state index contributed by atoms with van der Waals surface area (Å²) >= 11 is 3.46. The minimum Gasteiger partial charge on any atom is -0.444 e. The van der Waals surface area contributed by atoms with Gasteiger partial charge in [0, 0.05) is 28.6 Å². The molecule has 0 saturated heterocycles. The van der Waals surface area contributed by atoms with Gasteiger partial charge in [-0.15, -0.1) is 0 Å². The number of carbonyl (C=O) groups is 2. The molecule has 0 bridgehead atoms. The highest BCUT2D eigenvalue weighted by Gasteiger charge is 2.61. The van der Waals surface area contributed by atoms with E-state index in [2.05, 4.69) is 21.2 Å². The van der Waals surface area contributed by atoms with Crippen molar-refractivity contribution in [1.82, 2.24) is 0 Å². The number of Topliss-reactive ketones (excluding diaryl/α,β-unsaturated/α-hetero) is 1. The lowest BCUT2D eigenvalue weighted by atomic mass is 9.62. The number of nitrogens with one attached hydrogen (secondary N) is 1. The number of halogens is 1. The maximum atomic E-state index is 13.3. The Morgan fingerprint density at radius 2 is 2.00 bits per heavy atom. The van der Waals surface area contributed by atoms with Gasteiger partial charge in [0.05, 0.1) is 5.57 Å². The maximum absolute atomic E-state index is 13.3. The van der Waals surface area contributed by atoms with Crippen LogP contribution in [-0.4, -0.2) is 11.7 Å². The Morgan fingerprint density at radius 3 is 2.67 bits per heavy atom. The molecule has 2 aliphatic heterocycles. The van der Waals surface area contributed by atoms with Crippen molar-refractivity contribution in [1.29, 1.82) is 5.26 Å². The first kappa shape index (κ1) is 17.8. The Hall–Kier alpha value is -2.59. The van der Waals surface area contributed by atoms with Crippen LogP contribution >= 0.6 is 15.9 Å². The molecule has 138 valence electrons. The van der Waals surface area contributed by atoms with E-state index in [4.69, 9.17) is 10.5 Å². The predicted molar refractivity (Wildman–Crippen MR) is 102 cm³/mol. The molecule has 1 aromatic rings. The fourth-order valence-corrected chi connectivity index (χ4v) is 4.68. The van der Waals surface area contributed by atoms with Gasteiger partial charge in [0.1, 0.15) is 22.8 Å². The van der Waals surface area contributed by atoms with Gasteiger partial charge < -0.3 is 15.8 Å². The molecular formula is C20H18BrN3O3. The number of fused-ring (bicyclic) bond motifs is 3. The van der Waals surface area contributed by atoms with Crippen molar-refractivity contribution < 1.29 is 14.3 Å². The summed E-state index contributed by atoms with van der Waals surface area (Å²) in [5.74, 6) is -0.370. The highest BCUT2D eigenvalue weighted by Crippen LogP contribution is 2.56. The Balaban J connectivity index is 2.11. The van der Waals surface area contributed by atoms with E-state index in [1.54, 1.807) is 6.07 Å². The number of ether oxygens (including phenoxy) is 1. The fraction of sp³-hybridized carbons (Fsp3) is 0.350. The minimum atomic E-state index is -1.55. The largest absolute Gasteiger partial charge is 0.444 e. The van der Waals surface area contributed by atoms with E-state index in [0.29, 0.717) is 23.4 Å². The van der Waals surface area contributed by atoms with Gasteiger partial charge in [0.15, 0.2) is 5.78 Å². The summed E-state index contributed by atoms with van der Waals surface area (Å²) in [5, 5.41) is 12.7. The Labute approximate surface area is 165 Å². The van der Waals surface area contributed by atoms with Crippen molar-refractivity contribution in [2.45, 2.75) is 39.0 Å². The van der Waals surface area contributed by atoms with Crippen LogP contribution in [0.5, 0.6) is 0 Å². The molecule has 1 spiro atoms. The molecule has 0 aromatic heterocycles. The molecule has 27 heavy (non-hydrogen) atoms. The van der Waals surface area contributed by atoms with Gasteiger partial charge in [0.25, 0.3) is 0 Å². The first-order valence-electron chi connectivity index (χ1n) is 8.59. The van der Waals surface area contributed by atoms with Crippen molar-refractivity contribution in [3.05, 3.63) is 50.5 Å². The number of nitriles is 1. The van der Waals surface area contributed by atoms with Crippen LogP contribution in [0.2, 0.25) is 0 Å². The molecule has 6 nitrogen and oxygen atoms in total. The molecule has 0 unspecified atom stereocenters. The number of aryl methyl sites for hydroxylation is 1. The highest BCUT2D eigenvalue weighted by atomic mass is 79.9. The van der Waals surface area contributed by atoms with E-state index in [1.807, 2.05) is 32.9 Å². The average molecular weight is 428 g/mol. The number of rotatable bonds is 0. The maximum Gasteiger partial charge on any atom is 0.245 e. The zero-order valence-corrected chi connectivity index (χ0v) is 16.8. The number of nitrogens with zero attached hydrogens (tertiary/aromatic N) is 1. The third kappa shape index (κ3) is 2.23. The quantitative estimate of drug-likeness (QED) is 0.660. The van der Waals surface area contributed by atoms with Crippen LogP contribution in [0.3, 0.4) is 0 Å². The standard InChI is InChI=1S/C20H18BrN3O3/c1-9-4-10-13(5-12(9)21)24-18(26)20(10)11(8-22)17(23)27-15-7-19(2,3)6-14(25)16(15)20/h4-5H,6-7,23H2,1-3H3,(H,24,26)/t20-/m1/s1. The van der Waals surface area contributed by atoms with E-state index in [9.17, 15) is 14.9 Å². The second-order valence-corrected chi connectivity index (χ2v) is 8.90. The Morgan fingerprint density at radius 1 is 1.30 bits per heavy atom. The van der Waals surface area contributed by atoms with Crippen LogP contribution < -0.4 is 11.1 Å². The zero-order chi connectivity index (χ0) is 19.7. The molecule has 4 rings (SSSR count). The molecule has 3 aliphatic rings. The molecule has 7 heteroatoms. The summed E-state index contributed by atoms with van der Waals surface area (Å²) in [4.78, 5) is 26.5. The normalized spacial score (nSPS) is 25.7. The van der Waals surface area contributed by atoms with Gasteiger partial charge in [-0.25, -0.2) is 0 Å². The lowest BCUT2D eigenvalue weighted by molar-refractivity contribution is -0.124. The fourth-order valence-electron chi connectivity index (χ4n) is 4.33. The van der Waals surface area contributed by atoms with Crippen molar-refractivity contribution in [2.24, 2.45) is 11.1 Å². The van der Waals surface area contributed by atoms with Crippen LogP contribution in [0.4, 0.5) is 5.69 Å². The predicted octanol–water partition coefficient (Wildman–Crippen LogP) is 3.31. The molecular weight excluding hydrogens is 410 g/mol. The summed E-state index contributed by atoms with van der Waals surface area (Å²) in [5.41, 5.74) is 6.43. The van der Waals surface area contributed by atoms with Crippen molar-refractivity contribution in [3.8, 4) is 6.07 Å². The number of hydrogen-bond acceptors (Lipinski definition) is 5. The number of nitrogens with two attached hydrogens (primary N) is 1. The lowest BCUT2D eigenvalue weighted by Gasteiger charge is -2.41. The molecule has 1 atom stereocenters. The van der Waals surface area contributed by atoms with E-state index >= 15 is 0 Å². The third-order valence-electron chi connectivity index (χ3n) is 5.47. The summed E-state index contributed by atoms with van der Waals surface area (Å²) in [6.45, 7) is 5.82. The Bertz CT molecular complexity index is 1050. The topological polar surface area (TPSA) is 105 Å². The number of amides is 1. The Kier molecular flexibility index (Phi) is 3.60. The summed E-state index contributed by atoms with van der Waals surface area (Å²) in [6.07, 6.45) is 0.737. The van der Waals surface area contributed by atoms with E-state index < -0.39 is 11.3 Å². The van der Waals surface area contributed by atoms with Gasteiger partial charge in [-0.05, 0) is 24.0 Å². The third-order valence-corrected chi connectivity index (χ3v) is 6.32. The average Bonchev–Trinajstić information content (AvgIpc) is 2.79. The molecule has 1 aliphatic carbocycles. The summed E-state index contributed by atoms with van der Waals surface area (Å²) < 4.78 is 6.53. The van der Waals surface area contributed by atoms with Crippen molar-refractivity contribution in [3.63, 3.8) is 0 Å². The summed E-state index contributed by atoms with van der Waals surface area (Å²) in [7, 11) is 0. The van der Waals surface area contributed by atoms with Gasteiger partial charge in [0.2, 0.25) is 11.8 Å². The molecule has 1 aromatic carbocycles. The second kappa shape index (κ2) is 5.46. The minimum absolute atomic E-state index is 0.0349. The number of carbonyl (C=O) groups excluding carboxylic acids is 2. The van der Waals surface area contributed by atoms with E-state index in [-0.39, 0.29) is 34.6 Å². The van der Waals surface area contributed by atoms with E-state index in [0.717, 1.165) is 10.0 Å². The summed E-state index contributed by atoms with van der Waals surface area (Å²) in [6, 6.07) is 5.65. The number of anilines is 1. The molecule has 1 amide bonds. The number of benzene rings is 1. The number of allylic oxidation sites excluding steroid dienone is 1. The molecule has 3 N–H and O–H groups in total. The van der Waals surface area contributed by atoms with Gasteiger partial charge in [-0.2, -0.15) is 5.26 Å². The molecule has 0 fully saturated rings. The zero-order valence-electron chi connectivity index (χ0n) is 15.2. The van der Waals surface area contributed by atoms with Crippen LogP contribution in [0.15, 0.2) is 39.4 Å². The van der Waals surface area contributed by atoms with Gasteiger partial charge in [-0.3, -0.25) is 9.59 Å². The van der Waals surface area contributed by atoms with Crippen LogP contribution in [0, 0.1) is 23.7 Å². The van der Waals surface area contributed by atoms with Gasteiger partial charge >= 0.3 is 0 Å². The van der Waals surface area contributed by atoms with Crippen molar-refractivity contribution >= 4 is 33.3 Å². The highest BCUT2D eigenvalue weighted by molar-refractivity contribution is 9.10. The van der Waals surface area contributed by atoms with Crippen LogP contribution in [-0.2, 0) is 19.7 Å². The lowest BCUT2D eigenvalue weighted by Crippen LogP contribution is -2.48. The second-order valence-electron chi connectivity index (χ2n) is 8.04. The van der Waals surface area contributed by atoms with Crippen LogP contribution in [0.1, 0.15) is 37.8 Å². The molecule has 0 saturated carbocycles.